The maximum Gasteiger partial charge on any atom is 0.243 e. The Labute approximate surface area is 122 Å². The first kappa shape index (κ1) is 15.0. The van der Waals surface area contributed by atoms with Gasteiger partial charge in [0.2, 0.25) is 5.91 Å². The zero-order valence-corrected chi connectivity index (χ0v) is 11.8. The van der Waals surface area contributed by atoms with Gasteiger partial charge in [-0.3, -0.25) is 4.79 Å². The summed E-state index contributed by atoms with van der Waals surface area (Å²) in [5.41, 5.74) is 2.91. The Morgan fingerprint density at radius 1 is 1.05 bits per heavy atom. The van der Waals surface area contributed by atoms with Gasteiger partial charge < -0.3 is 10.6 Å². The summed E-state index contributed by atoms with van der Waals surface area (Å²) >= 11 is 0. The van der Waals surface area contributed by atoms with Crippen molar-refractivity contribution in [1.29, 1.82) is 0 Å². The molecule has 2 aromatic rings. The Hall–Kier alpha value is -2.43. The predicted molar refractivity (Wildman–Crippen MR) is 79.4 cm³/mol. The van der Waals surface area contributed by atoms with Crippen molar-refractivity contribution in [2.24, 2.45) is 0 Å². The molecule has 0 saturated heterocycles. The van der Waals surface area contributed by atoms with Gasteiger partial charge in [0.15, 0.2) is 0 Å². The largest absolute Gasteiger partial charge is 0.376 e. The number of carbonyl (C=O) groups excluding carboxylic acids is 1. The number of amides is 1. The predicted octanol–water partition coefficient (Wildman–Crippen LogP) is 3.63. The summed E-state index contributed by atoms with van der Waals surface area (Å²) in [6.07, 6.45) is 0. The van der Waals surface area contributed by atoms with Crippen LogP contribution in [-0.4, -0.2) is 12.5 Å². The maximum absolute atomic E-state index is 13.4. The van der Waals surface area contributed by atoms with E-state index in [1.54, 1.807) is 0 Å². The van der Waals surface area contributed by atoms with Crippen LogP contribution in [0.25, 0.3) is 0 Å². The molecule has 110 valence electrons. The minimum Gasteiger partial charge on any atom is -0.376 e. The first-order valence-electron chi connectivity index (χ1n) is 6.52. The summed E-state index contributed by atoms with van der Waals surface area (Å²) in [7, 11) is 0. The lowest BCUT2D eigenvalue weighted by molar-refractivity contribution is -0.114. The summed E-state index contributed by atoms with van der Waals surface area (Å²) in [4.78, 5) is 11.8. The fourth-order valence-electron chi connectivity index (χ4n) is 1.89. The third-order valence-electron chi connectivity index (χ3n) is 3.04. The van der Waals surface area contributed by atoms with Gasteiger partial charge in [-0.1, -0.05) is 12.1 Å². The van der Waals surface area contributed by atoms with Gasteiger partial charge in [0.05, 0.1) is 12.2 Å². The molecular weight excluding hydrogens is 274 g/mol. The van der Waals surface area contributed by atoms with Crippen LogP contribution >= 0.6 is 0 Å². The molecule has 2 aromatic carbocycles. The Balaban J connectivity index is 1.97. The molecule has 0 aromatic heterocycles. The molecule has 0 fully saturated rings. The molecule has 5 heteroatoms. The number of halogens is 2. The van der Waals surface area contributed by atoms with Gasteiger partial charge in [0, 0.05) is 11.8 Å². The van der Waals surface area contributed by atoms with Crippen LogP contribution in [0.2, 0.25) is 0 Å². The molecule has 0 aliphatic heterocycles. The topological polar surface area (TPSA) is 41.1 Å². The van der Waals surface area contributed by atoms with Gasteiger partial charge in [-0.15, -0.1) is 0 Å². The van der Waals surface area contributed by atoms with E-state index in [-0.39, 0.29) is 12.2 Å². The van der Waals surface area contributed by atoms with E-state index >= 15 is 0 Å². The SMILES string of the molecule is Cc1ccc(C)c(NCC(=O)Nc2ccc(F)cc2F)c1. The highest BCUT2D eigenvalue weighted by atomic mass is 19.1. The highest BCUT2D eigenvalue weighted by Crippen LogP contribution is 2.17. The van der Waals surface area contributed by atoms with Gasteiger partial charge in [-0.05, 0) is 43.2 Å². The number of anilines is 2. The number of hydrogen-bond acceptors (Lipinski definition) is 2. The highest BCUT2D eigenvalue weighted by molar-refractivity contribution is 5.93. The zero-order valence-electron chi connectivity index (χ0n) is 11.8. The second kappa shape index (κ2) is 6.35. The standard InChI is InChI=1S/C16H16F2N2O/c1-10-3-4-11(2)15(7-10)19-9-16(21)20-14-6-5-12(17)8-13(14)18/h3-8,19H,9H2,1-2H3,(H,20,21). The molecule has 3 nitrogen and oxygen atoms in total. The van der Waals surface area contributed by atoms with Gasteiger partial charge in [0.25, 0.3) is 0 Å². The van der Waals surface area contributed by atoms with Crippen molar-refractivity contribution in [1.82, 2.24) is 0 Å². The van der Waals surface area contributed by atoms with Crippen LogP contribution in [0.15, 0.2) is 36.4 Å². The number of nitrogens with one attached hydrogen (secondary N) is 2. The maximum atomic E-state index is 13.4. The molecule has 0 bridgehead atoms. The zero-order chi connectivity index (χ0) is 15.4. The monoisotopic (exact) mass is 290 g/mol. The van der Waals surface area contributed by atoms with Crippen LogP contribution in [-0.2, 0) is 4.79 Å². The Morgan fingerprint density at radius 2 is 1.81 bits per heavy atom. The first-order chi connectivity index (χ1) is 9.95. The van der Waals surface area contributed by atoms with Crippen molar-refractivity contribution in [2.75, 3.05) is 17.2 Å². The fourth-order valence-corrected chi connectivity index (χ4v) is 1.89. The molecule has 0 heterocycles. The van der Waals surface area contributed by atoms with E-state index in [0.29, 0.717) is 0 Å². The lowest BCUT2D eigenvalue weighted by atomic mass is 10.1. The molecule has 2 N–H and O–H groups in total. The molecule has 0 unspecified atom stereocenters. The molecule has 0 saturated carbocycles. The first-order valence-corrected chi connectivity index (χ1v) is 6.52. The molecule has 0 aliphatic rings. The minimum atomic E-state index is -0.796. The van der Waals surface area contributed by atoms with Crippen molar-refractivity contribution in [3.63, 3.8) is 0 Å². The second-order valence-corrected chi connectivity index (χ2v) is 4.84. The quantitative estimate of drug-likeness (QED) is 0.902. The number of hydrogen-bond donors (Lipinski definition) is 2. The molecule has 0 atom stereocenters. The van der Waals surface area contributed by atoms with Gasteiger partial charge >= 0.3 is 0 Å². The smallest absolute Gasteiger partial charge is 0.243 e. The van der Waals surface area contributed by atoms with Crippen molar-refractivity contribution >= 4 is 17.3 Å². The number of benzene rings is 2. The lowest BCUT2D eigenvalue weighted by Crippen LogP contribution is -2.22. The molecule has 0 radical (unpaired) electrons. The van der Waals surface area contributed by atoms with E-state index in [4.69, 9.17) is 0 Å². The van der Waals surface area contributed by atoms with Crippen LogP contribution in [0.3, 0.4) is 0 Å². The highest BCUT2D eigenvalue weighted by Gasteiger charge is 2.08. The van der Waals surface area contributed by atoms with Crippen LogP contribution in [0.1, 0.15) is 11.1 Å². The summed E-state index contributed by atoms with van der Waals surface area (Å²) in [5, 5.41) is 5.39. The van der Waals surface area contributed by atoms with Crippen molar-refractivity contribution < 1.29 is 13.6 Å². The lowest BCUT2D eigenvalue weighted by Gasteiger charge is -2.11. The van der Waals surface area contributed by atoms with Crippen molar-refractivity contribution in [3.8, 4) is 0 Å². The molecule has 0 aliphatic carbocycles. The average Bonchev–Trinajstić information content (AvgIpc) is 2.43. The minimum absolute atomic E-state index is 0.00110. The van der Waals surface area contributed by atoms with Gasteiger partial charge in [-0.2, -0.15) is 0 Å². The van der Waals surface area contributed by atoms with Crippen molar-refractivity contribution in [2.45, 2.75) is 13.8 Å². The summed E-state index contributed by atoms with van der Waals surface area (Å²) < 4.78 is 26.2. The second-order valence-electron chi connectivity index (χ2n) is 4.84. The Bertz CT molecular complexity index is 671. The Morgan fingerprint density at radius 3 is 2.52 bits per heavy atom. The van der Waals surface area contributed by atoms with E-state index < -0.39 is 17.5 Å². The third-order valence-corrected chi connectivity index (χ3v) is 3.04. The number of carbonyl (C=O) groups is 1. The number of rotatable bonds is 4. The number of aryl methyl sites for hydroxylation is 2. The fraction of sp³-hybridized carbons (Fsp3) is 0.188. The third kappa shape index (κ3) is 4.02. The van der Waals surface area contributed by atoms with Crippen LogP contribution in [0.5, 0.6) is 0 Å². The summed E-state index contributed by atoms with van der Waals surface area (Å²) in [6, 6.07) is 8.88. The van der Waals surface area contributed by atoms with E-state index in [1.807, 2.05) is 32.0 Å². The molecule has 2 rings (SSSR count). The van der Waals surface area contributed by atoms with E-state index in [0.717, 1.165) is 28.9 Å². The average molecular weight is 290 g/mol. The van der Waals surface area contributed by atoms with E-state index in [1.165, 1.54) is 6.07 Å². The molecule has 21 heavy (non-hydrogen) atoms. The van der Waals surface area contributed by atoms with Crippen LogP contribution < -0.4 is 10.6 Å². The van der Waals surface area contributed by atoms with Crippen LogP contribution in [0.4, 0.5) is 20.2 Å². The summed E-state index contributed by atoms with van der Waals surface area (Å²) in [5.74, 6) is -1.88. The van der Waals surface area contributed by atoms with E-state index in [9.17, 15) is 13.6 Å². The normalized spacial score (nSPS) is 10.3. The van der Waals surface area contributed by atoms with Gasteiger partial charge in [-0.25, -0.2) is 8.78 Å². The van der Waals surface area contributed by atoms with Crippen LogP contribution in [0, 0.1) is 25.5 Å². The molecule has 1 amide bonds. The molecule has 0 spiro atoms. The molecular formula is C16H16F2N2O. The van der Waals surface area contributed by atoms with Crippen molar-refractivity contribution in [3.05, 3.63) is 59.2 Å². The Kier molecular flexibility index (Phi) is 4.52. The van der Waals surface area contributed by atoms with Gasteiger partial charge in [0.1, 0.15) is 11.6 Å². The van der Waals surface area contributed by atoms with E-state index in [2.05, 4.69) is 10.6 Å². The summed E-state index contributed by atoms with van der Waals surface area (Å²) in [6.45, 7) is 3.89.